The van der Waals surface area contributed by atoms with Crippen LogP contribution >= 0.6 is 0 Å². The first-order chi connectivity index (χ1) is 11.7. The van der Waals surface area contributed by atoms with Crippen molar-refractivity contribution in [2.24, 2.45) is 0 Å². The van der Waals surface area contributed by atoms with Gasteiger partial charge in [-0.05, 0) is 62.8 Å². The van der Waals surface area contributed by atoms with E-state index in [1.807, 2.05) is 36.5 Å². The lowest BCUT2D eigenvalue weighted by atomic mass is 10.2. The molecule has 0 amide bonds. The molecule has 0 bridgehead atoms. The zero-order chi connectivity index (χ0) is 17.0. The summed E-state index contributed by atoms with van der Waals surface area (Å²) in [5.41, 5.74) is 2.16. The standard InChI is InChI=1S/C20H27N3O/c1-23(2)13-5-3-4-6-14-24-20-15-19(16-22-17-20)8-7-18-9-11-21-12-10-18/h7-12,15-17H,3-6,13-14H2,1-2H3. The maximum absolute atomic E-state index is 5.81. The van der Waals surface area contributed by atoms with Gasteiger partial charge >= 0.3 is 0 Å². The van der Waals surface area contributed by atoms with E-state index in [1.165, 1.54) is 19.3 Å². The minimum absolute atomic E-state index is 0.751. The van der Waals surface area contributed by atoms with Crippen molar-refractivity contribution in [2.75, 3.05) is 27.2 Å². The molecule has 0 aliphatic rings. The average Bonchev–Trinajstić information content (AvgIpc) is 2.60. The van der Waals surface area contributed by atoms with E-state index in [9.17, 15) is 0 Å². The SMILES string of the molecule is CN(C)CCCCCCOc1cncc(C=Cc2ccncc2)c1. The zero-order valence-electron chi connectivity index (χ0n) is 14.7. The molecule has 0 spiro atoms. The minimum atomic E-state index is 0.751. The van der Waals surface area contributed by atoms with Gasteiger partial charge in [0.2, 0.25) is 0 Å². The van der Waals surface area contributed by atoms with Crippen LogP contribution in [0, 0.1) is 0 Å². The van der Waals surface area contributed by atoms with E-state index in [2.05, 4.69) is 29.0 Å². The van der Waals surface area contributed by atoms with Crippen LogP contribution in [0.2, 0.25) is 0 Å². The molecule has 0 aliphatic carbocycles. The molecule has 4 nitrogen and oxygen atoms in total. The maximum atomic E-state index is 5.81. The third-order valence-corrected chi connectivity index (χ3v) is 3.68. The van der Waals surface area contributed by atoms with Crippen molar-refractivity contribution in [3.8, 4) is 5.75 Å². The smallest absolute Gasteiger partial charge is 0.138 e. The van der Waals surface area contributed by atoms with Crippen LogP contribution in [0.4, 0.5) is 0 Å². The number of ether oxygens (including phenoxy) is 1. The molecule has 0 saturated heterocycles. The van der Waals surface area contributed by atoms with Crippen LogP contribution in [0.1, 0.15) is 36.8 Å². The number of aromatic nitrogens is 2. The van der Waals surface area contributed by atoms with Crippen molar-refractivity contribution in [1.29, 1.82) is 0 Å². The molecule has 0 radical (unpaired) electrons. The molecular formula is C20H27N3O. The Morgan fingerprint density at radius 1 is 0.917 bits per heavy atom. The van der Waals surface area contributed by atoms with E-state index < -0.39 is 0 Å². The van der Waals surface area contributed by atoms with Crippen LogP contribution in [0.25, 0.3) is 12.2 Å². The van der Waals surface area contributed by atoms with Crippen molar-refractivity contribution in [3.63, 3.8) is 0 Å². The van der Waals surface area contributed by atoms with Crippen LogP contribution in [-0.2, 0) is 0 Å². The number of hydrogen-bond donors (Lipinski definition) is 0. The van der Waals surface area contributed by atoms with Crippen molar-refractivity contribution in [1.82, 2.24) is 14.9 Å². The topological polar surface area (TPSA) is 38.2 Å². The fraction of sp³-hybridized carbons (Fsp3) is 0.400. The second kappa shape index (κ2) is 10.6. The molecule has 0 fully saturated rings. The predicted octanol–water partition coefficient (Wildman–Crippen LogP) is 4.15. The van der Waals surface area contributed by atoms with Crippen molar-refractivity contribution >= 4 is 12.2 Å². The average molecular weight is 325 g/mol. The van der Waals surface area contributed by atoms with Gasteiger partial charge in [0.15, 0.2) is 0 Å². The van der Waals surface area contributed by atoms with Gasteiger partial charge in [-0.25, -0.2) is 0 Å². The molecule has 0 N–H and O–H groups in total. The molecule has 2 heterocycles. The largest absolute Gasteiger partial charge is 0.492 e. The Balaban J connectivity index is 1.72. The summed E-state index contributed by atoms with van der Waals surface area (Å²) < 4.78 is 5.81. The summed E-state index contributed by atoms with van der Waals surface area (Å²) in [4.78, 5) is 10.5. The van der Waals surface area contributed by atoms with Gasteiger partial charge in [0, 0.05) is 18.6 Å². The van der Waals surface area contributed by atoms with Crippen molar-refractivity contribution in [3.05, 3.63) is 54.1 Å². The van der Waals surface area contributed by atoms with Crippen LogP contribution in [0.15, 0.2) is 43.0 Å². The highest BCUT2D eigenvalue weighted by Gasteiger charge is 1.97. The maximum Gasteiger partial charge on any atom is 0.138 e. The molecule has 2 aromatic heterocycles. The lowest BCUT2D eigenvalue weighted by molar-refractivity contribution is 0.301. The van der Waals surface area contributed by atoms with E-state index in [4.69, 9.17) is 4.74 Å². The van der Waals surface area contributed by atoms with Gasteiger partial charge < -0.3 is 9.64 Å². The van der Waals surface area contributed by atoms with Gasteiger partial charge in [-0.3, -0.25) is 9.97 Å². The number of nitrogens with zero attached hydrogens (tertiary/aromatic N) is 3. The Morgan fingerprint density at radius 2 is 1.67 bits per heavy atom. The normalized spacial score (nSPS) is 11.3. The first-order valence-electron chi connectivity index (χ1n) is 8.55. The summed E-state index contributed by atoms with van der Waals surface area (Å²) in [5.74, 6) is 0.833. The quantitative estimate of drug-likeness (QED) is 0.615. The summed E-state index contributed by atoms with van der Waals surface area (Å²) in [6.07, 6.45) is 16.1. The van der Waals surface area contributed by atoms with E-state index in [1.54, 1.807) is 18.6 Å². The molecule has 2 aromatic rings. The molecule has 0 aromatic carbocycles. The predicted molar refractivity (Wildman–Crippen MR) is 99.9 cm³/mol. The summed E-state index contributed by atoms with van der Waals surface area (Å²) in [6.45, 7) is 1.91. The number of hydrogen-bond acceptors (Lipinski definition) is 4. The fourth-order valence-electron chi connectivity index (χ4n) is 2.35. The Morgan fingerprint density at radius 3 is 2.46 bits per heavy atom. The Labute approximate surface area is 145 Å². The third-order valence-electron chi connectivity index (χ3n) is 3.68. The second-order valence-electron chi connectivity index (χ2n) is 6.13. The highest BCUT2D eigenvalue weighted by molar-refractivity contribution is 5.69. The Kier molecular flexibility index (Phi) is 7.98. The summed E-state index contributed by atoms with van der Waals surface area (Å²) in [7, 11) is 4.23. The van der Waals surface area contributed by atoms with Gasteiger partial charge in [0.05, 0.1) is 12.8 Å². The van der Waals surface area contributed by atoms with Gasteiger partial charge in [0.1, 0.15) is 5.75 Å². The van der Waals surface area contributed by atoms with Crippen molar-refractivity contribution < 1.29 is 4.74 Å². The van der Waals surface area contributed by atoms with Crippen molar-refractivity contribution in [2.45, 2.75) is 25.7 Å². The van der Waals surface area contributed by atoms with Crippen LogP contribution in [0.5, 0.6) is 5.75 Å². The number of pyridine rings is 2. The van der Waals surface area contributed by atoms with Gasteiger partial charge in [-0.1, -0.05) is 25.0 Å². The molecule has 0 saturated carbocycles. The zero-order valence-corrected chi connectivity index (χ0v) is 14.7. The van der Waals surface area contributed by atoms with Gasteiger partial charge in [-0.2, -0.15) is 0 Å². The highest BCUT2D eigenvalue weighted by Crippen LogP contribution is 2.14. The summed E-state index contributed by atoms with van der Waals surface area (Å²) >= 11 is 0. The molecular weight excluding hydrogens is 298 g/mol. The molecule has 24 heavy (non-hydrogen) atoms. The Hall–Kier alpha value is -2.20. The molecule has 4 heteroatoms. The first-order valence-corrected chi connectivity index (χ1v) is 8.55. The monoisotopic (exact) mass is 325 g/mol. The Bertz CT molecular complexity index is 611. The summed E-state index contributed by atoms with van der Waals surface area (Å²) in [5, 5.41) is 0. The lowest BCUT2D eigenvalue weighted by Crippen LogP contribution is -2.12. The minimum Gasteiger partial charge on any atom is -0.492 e. The van der Waals surface area contributed by atoms with Crippen LogP contribution in [-0.4, -0.2) is 42.1 Å². The lowest BCUT2D eigenvalue weighted by Gasteiger charge is -2.09. The third kappa shape index (κ3) is 7.38. The highest BCUT2D eigenvalue weighted by atomic mass is 16.5. The van der Waals surface area contributed by atoms with Crippen LogP contribution in [0.3, 0.4) is 0 Å². The molecule has 0 unspecified atom stereocenters. The fourth-order valence-corrected chi connectivity index (χ4v) is 2.35. The summed E-state index contributed by atoms with van der Waals surface area (Å²) in [6, 6.07) is 5.97. The second-order valence-corrected chi connectivity index (χ2v) is 6.13. The molecule has 2 rings (SSSR count). The number of rotatable bonds is 10. The van der Waals surface area contributed by atoms with E-state index in [0.717, 1.165) is 36.4 Å². The van der Waals surface area contributed by atoms with Gasteiger partial charge in [-0.15, -0.1) is 0 Å². The van der Waals surface area contributed by atoms with E-state index >= 15 is 0 Å². The van der Waals surface area contributed by atoms with Gasteiger partial charge in [0.25, 0.3) is 0 Å². The van der Waals surface area contributed by atoms with E-state index in [-0.39, 0.29) is 0 Å². The first kappa shape index (κ1) is 18.1. The molecule has 0 aliphatic heterocycles. The number of unbranched alkanes of at least 4 members (excludes halogenated alkanes) is 3. The molecule has 0 atom stereocenters. The van der Waals surface area contributed by atoms with E-state index in [0.29, 0.717) is 0 Å². The van der Waals surface area contributed by atoms with Crippen LogP contribution < -0.4 is 4.74 Å². The molecule has 128 valence electrons.